The van der Waals surface area contributed by atoms with Gasteiger partial charge in [-0.2, -0.15) is 35.0 Å². The van der Waals surface area contributed by atoms with E-state index in [1.54, 1.807) is 23.3 Å². The molecule has 4 heteroatoms. The second-order valence-corrected chi connectivity index (χ2v) is 14.0. The zero-order valence-corrected chi connectivity index (χ0v) is 25.4. The second-order valence-electron chi connectivity index (χ2n) is 8.42. The molecule has 0 aliphatic carbocycles. The van der Waals surface area contributed by atoms with Crippen molar-refractivity contribution in [2.45, 2.75) is 13.8 Å². The first-order valence-corrected chi connectivity index (χ1v) is 16.7. The molecule has 6 rings (SSSR count). The molecule has 0 aromatic heterocycles. The zero-order valence-electron chi connectivity index (χ0n) is 20.5. The first kappa shape index (κ1) is 30.0. The largest absolute Gasteiger partial charge is 1.00 e. The third-order valence-electron chi connectivity index (χ3n) is 5.78. The Balaban J connectivity index is 0.000000196. The van der Waals surface area contributed by atoms with E-state index in [4.69, 9.17) is 0 Å². The van der Waals surface area contributed by atoms with Crippen molar-refractivity contribution in [3.63, 3.8) is 0 Å². The van der Waals surface area contributed by atoms with Crippen LogP contribution in [0.5, 0.6) is 0 Å². The van der Waals surface area contributed by atoms with Gasteiger partial charge in [-0.05, 0) is 0 Å². The van der Waals surface area contributed by atoms with Crippen LogP contribution in [0.25, 0.3) is 21.5 Å². The monoisotopic (exact) mass is 600 g/mol. The molecule has 0 radical (unpaired) electrons. The zero-order chi connectivity index (χ0) is 23.8. The molecule has 180 valence electrons. The molecule has 6 aromatic rings. The first-order valence-electron chi connectivity index (χ1n) is 11.5. The molecule has 0 bridgehead atoms. The van der Waals surface area contributed by atoms with E-state index in [1.165, 1.54) is 43.0 Å². The van der Waals surface area contributed by atoms with Crippen molar-refractivity contribution in [1.29, 1.82) is 0 Å². The average molecular weight is 603 g/mol. The molecule has 0 amide bonds. The van der Waals surface area contributed by atoms with Gasteiger partial charge in [-0.3, -0.25) is 0 Å². The molecule has 0 aliphatic heterocycles. The molecular formula is C32H28Cl2SiZr-2. The maximum Gasteiger partial charge on any atom is -0.0809 e. The van der Waals surface area contributed by atoms with Gasteiger partial charge in [0.05, 0.1) is 0 Å². The van der Waals surface area contributed by atoms with Crippen molar-refractivity contribution in [1.82, 2.24) is 0 Å². The summed E-state index contributed by atoms with van der Waals surface area (Å²) >= 11 is 1.65. The molecule has 0 N–H and O–H groups in total. The number of fused-ring (bicyclic) bond motifs is 2. The third-order valence-corrected chi connectivity index (χ3v) is 11.9. The Hall–Kier alpha value is -2.22. The minimum absolute atomic E-state index is 0. The molecule has 36 heavy (non-hydrogen) atoms. The number of hydrogen-bond acceptors (Lipinski definition) is 0. The van der Waals surface area contributed by atoms with E-state index in [0.717, 1.165) is 0 Å². The molecule has 0 saturated carbocycles. The molecular weight excluding hydrogens is 575 g/mol. The Labute approximate surface area is 242 Å². The number of benzene rings is 4. The molecule has 6 aromatic carbocycles. The van der Waals surface area contributed by atoms with Crippen LogP contribution in [0.1, 0.15) is 11.1 Å². The van der Waals surface area contributed by atoms with Crippen LogP contribution in [0.15, 0.2) is 133 Å². The summed E-state index contributed by atoms with van der Waals surface area (Å²) < 4.78 is 0. The fraction of sp³-hybridized carbons (Fsp3) is 0.0625. The average Bonchev–Trinajstić information content (AvgIpc) is 3.55. The molecule has 0 aliphatic rings. The fourth-order valence-electron chi connectivity index (χ4n) is 3.75. The first-order chi connectivity index (χ1) is 16.6. The van der Waals surface area contributed by atoms with Gasteiger partial charge in [-0.15, -0.1) is 59.3 Å². The van der Waals surface area contributed by atoms with Crippen molar-refractivity contribution in [2.24, 2.45) is 0 Å². The van der Waals surface area contributed by atoms with E-state index in [-0.39, 0.29) is 24.8 Å². The van der Waals surface area contributed by atoms with Crippen LogP contribution in [0, 0.1) is 13.8 Å². The van der Waals surface area contributed by atoms with Crippen molar-refractivity contribution >= 4 is 37.4 Å². The van der Waals surface area contributed by atoms with Gasteiger partial charge in [-0.25, -0.2) is 0 Å². The minimum Gasteiger partial charge on any atom is -1.00 e. The molecule has 0 fully saturated rings. The Bertz CT molecular complexity index is 1300. The van der Waals surface area contributed by atoms with E-state index in [9.17, 15) is 0 Å². The second kappa shape index (κ2) is 15.1. The fourth-order valence-corrected chi connectivity index (χ4v) is 7.54. The van der Waals surface area contributed by atoms with Gasteiger partial charge in [0.2, 0.25) is 0 Å². The number of hydrogen-bond donors (Lipinski definition) is 0. The van der Waals surface area contributed by atoms with Crippen LogP contribution < -0.4 is 35.2 Å². The topological polar surface area (TPSA) is 0 Å². The van der Waals surface area contributed by atoms with Crippen LogP contribution in [0.2, 0.25) is 0 Å². The Morgan fingerprint density at radius 1 is 0.500 bits per heavy atom. The van der Waals surface area contributed by atoms with E-state index in [1.807, 2.05) is 0 Å². The van der Waals surface area contributed by atoms with E-state index < -0.39 is 5.43 Å². The van der Waals surface area contributed by atoms with Crippen LogP contribution >= 0.6 is 0 Å². The number of halogens is 2. The summed E-state index contributed by atoms with van der Waals surface area (Å²) in [5, 5.41) is 8.38. The van der Waals surface area contributed by atoms with Crippen LogP contribution in [0.3, 0.4) is 0 Å². The molecule has 0 nitrogen and oxygen atoms in total. The minimum atomic E-state index is -0.488. The van der Waals surface area contributed by atoms with E-state index in [0.29, 0.717) is 0 Å². The molecule has 0 heterocycles. The van der Waals surface area contributed by atoms with Crippen molar-refractivity contribution in [3.05, 3.63) is 145 Å². The maximum atomic E-state index is 2.29. The predicted molar refractivity (Wildman–Crippen MR) is 146 cm³/mol. The van der Waals surface area contributed by atoms with Gasteiger partial charge in [0.25, 0.3) is 0 Å². The van der Waals surface area contributed by atoms with Gasteiger partial charge in [0.1, 0.15) is 0 Å². The standard InChI is InChI=1S/C14H14Si.2C9H7.2ClH.Zr/c1-11-3-7-13(8-4-11)15-14-9-5-12(2)6-10-14;2*1-2-5-9-7-3-6-8(9)4-1;;;/h3-10H,1-2H3;2*1-7H;2*1H;/q;2*-1;;;+2/p-2. The van der Waals surface area contributed by atoms with Crippen LogP contribution in [-0.2, 0) is 23.3 Å². The molecule has 0 unspecified atom stereocenters. The number of rotatable bonds is 2. The van der Waals surface area contributed by atoms with Crippen molar-refractivity contribution < 1.29 is 48.1 Å². The van der Waals surface area contributed by atoms with E-state index in [2.05, 4.69) is 147 Å². The Morgan fingerprint density at radius 3 is 1.22 bits per heavy atom. The smallest absolute Gasteiger partial charge is 0.0809 e. The van der Waals surface area contributed by atoms with E-state index >= 15 is 0 Å². The summed E-state index contributed by atoms with van der Waals surface area (Å²) in [7, 11) is 0. The van der Waals surface area contributed by atoms with Crippen molar-refractivity contribution in [2.75, 3.05) is 0 Å². The van der Waals surface area contributed by atoms with Gasteiger partial charge in [0.15, 0.2) is 0 Å². The Morgan fingerprint density at radius 2 is 0.861 bits per heavy atom. The summed E-state index contributed by atoms with van der Waals surface area (Å²) in [6, 6.07) is 47.4. The summed E-state index contributed by atoms with van der Waals surface area (Å²) in [6.07, 6.45) is 0. The molecule has 0 atom stereocenters. The summed E-state index contributed by atoms with van der Waals surface area (Å²) in [5.41, 5.74) is 2.20. The summed E-state index contributed by atoms with van der Waals surface area (Å²) in [5.74, 6) is 0. The maximum absolute atomic E-state index is 2.29. The predicted octanol–water partition coefficient (Wildman–Crippen LogP) is 1.08. The quantitative estimate of drug-likeness (QED) is 0.206. The molecule has 0 saturated heterocycles. The van der Waals surface area contributed by atoms with Crippen molar-refractivity contribution in [3.8, 4) is 0 Å². The SMILES string of the molecule is Cc1ccc([Si](=[Zr+2])c2ccc(C)cc2)cc1.[Cl-].[Cl-].c1ccc2[cH-]ccc2c1.c1ccc2[cH-]ccc2c1. The third kappa shape index (κ3) is 8.43. The summed E-state index contributed by atoms with van der Waals surface area (Å²) in [6.45, 7) is 4.29. The van der Waals surface area contributed by atoms with Gasteiger partial charge < -0.3 is 24.8 Å². The number of aryl methyl sites for hydroxylation is 2. The van der Waals surface area contributed by atoms with Gasteiger partial charge in [0, 0.05) is 0 Å². The van der Waals surface area contributed by atoms with Gasteiger partial charge >= 0.3 is 113 Å². The van der Waals surface area contributed by atoms with Crippen LogP contribution in [-0.4, -0.2) is 5.43 Å². The Kier molecular flexibility index (Phi) is 12.6. The normalized spacial score (nSPS) is 9.67. The van der Waals surface area contributed by atoms with Crippen LogP contribution in [0.4, 0.5) is 0 Å². The summed E-state index contributed by atoms with van der Waals surface area (Å²) in [4.78, 5) is 0. The van der Waals surface area contributed by atoms with Gasteiger partial charge in [-0.1, -0.05) is 12.1 Å². The molecule has 0 spiro atoms.